The van der Waals surface area contributed by atoms with Crippen molar-refractivity contribution in [2.24, 2.45) is 0 Å². The standard InChI is InChI=1S/C28H29N7O/c1-3-7-22-9-5-6-10-26(22)35-19-23(8-4-2)34(28(35)36)18-20-11-13-21(14-12-20)25-17-29-16-15-24(25)27-30-32-33-31-27/h5-6,9-17,19H,3-4,7-8,18H2,1-2H3,(H,30,31,32,33). The van der Waals surface area contributed by atoms with E-state index >= 15 is 0 Å². The van der Waals surface area contributed by atoms with E-state index in [4.69, 9.17) is 0 Å². The summed E-state index contributed by atoms with van der Waals surface area (Å²) in [6.07, 6.45) is 9.33. The summed E-state index contributed by atoms with van der Waals surface area (Å²) in [4.78, 5) is 17.9. The van der Waals surface area contributed by atoms with Crippen LogP contribution < -0.4 is 5.69 Å². The Morgan fingerprint density at radius 1 is 0.917 bits per heavy atom. The van der Waals surface area contributed by atoms with Crippen LogP contribution in [0.3, 0.4) is 0 Å². The molecule has 3 aromatic heterocycles. The first-order valence-electron chi connectivity index (χ1n) is 12.4. The molecule has 0 fully saturated rings. The minimum absolute atomic E-state index is 0.00210. The molecule has 0 spiro atoms. The van der Waals surface area contributed by atoms with Crippen LogP contribution in [0.25, 0.3) is 28.2 Å². The van der Waals surface area contributed by atoms with E-state index in [1.165, 1.54) is 5.56 Å². The molecule has 0 aliphatic carbocycles. The molecule has 0 aliphatic rings. The van der Waals surface area contributed by atoms with E-state index in [1.54, 1.807) is 12.4 Å². The Morgan fingerprint density at radius 2 is 1.72 bits per heavy atom. The van der Waals surface area contributed by atoms with Crippen LogP contribution >= 0.6 is 0 Å². The normalized spacial score (nSPS) is 11.2. The number of tetrazole rings is 1. The van der Waals surface area contributed by atoms with Gasteiger partial charge in [0.05, 0.1) is 12.2 Å². The SMILES string of the molecule is CCCc1ccccc1-n1cc(CCC)n(Cc2ccc(-c3cnccc3-c3nn[nH]n3)cc2)c1=O. The van der Waals surface area contributed by atoms with E-state index in [9.17, 15) is 4.79 Å². The number of pyridine rings is 1. The van der Waals surface area contributed by atoms with E-state index in [1.807, 2.05) is 51.7 Å². The lowest BCUT2D eigenvalue weighted by atomic mass is 10.0. The highest BCUT2D eigenvalue weighted by Gasteiger charge is 2.15. The van der Waals surface area contributed by atoms with Crippen LogP contribution in [0.1, 0.15) is 43.5 Å². The van der Waals surface area contributed by atoms with Crippen molar-refractivity contribution in [3.63, 3.8) is 0 Å². The Kier molecular flexibility index (Phi) is 6.84. The van der Waals surface area contributed by atoms with Crippen molar-refractivity contribution in [1.82, 2.24) is 34.7 Å². The van der Waals surface area contributed by atoms with Crippen LogP contribution in [-0.2, 0) is 19.4 Å². The topological polar surface area (TPSA) is 94.3 Å². The van der Waals surface area contributed by atoms with Crippen molar-refractivity contribution in [1.29, 1.82) is 0 Å². The molecule has 5 rings (SSSR count). The van der Waals surface area contributed by atoms with Crippen LogP contribution in [0.4, 0.5) is 0 Å². The summed E-state index contributed by atoms with van der Waals surface area (Å²) >= 11 is 0. The van der Waals surface area contributed by atoms with Crippen molar-refractivity contribution in [3.8, 4) is 28.2 Å². The lowest BCUT2D eigenvalue weighted by molar-refractivity contribution is 0.691. The van der Waals surface area contributed by atoms with Gasteiger partial charge in [-0.25, -0.2) is 4.79 Å². The third kappa shape index (κ3) is 4.62. The first-order chi connectivity index (χ1) is 17.7. The highest BCUT2D eigenvalue weighted by molar-refractivity contribution is 5.79. The average Bonchev–Trinajstić information content (AvgIpc) is 3.55. The molecule has 0 radical (unpaired) electrons. The Balaban J connectivity index is 1.47. The zero-order chi connectivity index (χ0) is 24.9. The molecule has 0 aliphatic heterocycles. The number of nitrogens with zero attached hydrogens (tertiary/aromatic N) is 6. The fourth-order valence-corrected chi connectivity index (χ4v) is 4.62. The summed E-state index contributed by atoms with van der Waals surface area (Å²) in [5, 5.41) is 14.4. The largest absolute Gasteiger partial charge is 0.333 e. The van der Waals surface area contributed by atoms with Gasteiger partial charge in [0.2, 0.25) is 5.82 Å². The number of benzene rings is 2. The van der Waals surface area contributed by atoms with Gasteiger partial charge in [0.15, 0.2) is 0 Å². The second-order valence-corrected chi connectivity index (χ2v) is 8.84. The van der Waals surface area contributed by atoms with E-state index in [0.29, 0.717) is 12.4 Å². The van der Waals surface area contributed by atoms with Gasteiger partial charge in [-0.3, -0.25) is 14.1 Å². The Morgan fingerprint density at radius 3 is 2.47 bits per heavy atom. The molecule has 8 nitrogen and oxygen atoms in total. The highest BCUT2D eigenvalue weighted by atomic mass is 16.1. The predicted octanol–water partition coefficient (Wildman–Crippen LogP) is 4.83. The van der Waals surface area contributed by atoms with Crippen molar-refractivity contribution in [3.05, 3.63) is 100 Å². The number of hydrogen-bond acceptors (Lipinski definition) is 5. The van der Waals surface area contributed by atoms with Crippen molar-refractivity contribution in [2.75, 3.05) is 0 Å². The number of aromatic amines is 1. The van der Waals surface area contributed by atoms with E-state index in [2.05, 4.69) is 57.7 Å². The van der Waals surface area contributed by atoms with Crippen LogP contribution in [0, 0.1) is 0 Å². The monoisotopic (exact) mass is 479 g/mol. The summed E-state index contributed by atoms with van der Waals surface area (Å²) < 4.78 is 3.72. The summed E-state index contributed by atoms with van der Waals surface area (Å²) in [6.45, 7) is 4.82. The van der Waals surface area contributed by atoms with E-state index in [-0.39, 0.29) is 5.69 Å². The van der Waals surface area contributed by atoms with Crippen LogP contribution in [-0.4, -0.2) is 34.7 Å². The van der Waals surface area contributed by atoms with Gasteiger partial charge in [-0.2, -0.15) is 5.21 Å². The zero-order valence-electron chi connectivity index (χ0n) is 20.6. The van der Waals surface area contributed by atoms with Gasteiger partial charge in [-0.15, -0.1) is 10.2 Å². The maximum atomic E-state index is 13.6. The molecule has 0 saturated carbocycles. The first kappa shape index (κ1) is 23.4. The summed E-state index contributed by atoms with van der Waals surface area (Å²) in [5.41, 5.74) is 7.05. The maximum absolute atomic E-state index is 13.6. The number of para-hydroxylation sites is 1. The predicted molar refractivity (Wildman–Crippen MR) is 140 cm³/mol. The molecule has 5 aromatic rings. The van der Waals surface area contributed by atoms with Crippen molar-refractivity contribution < 1.29 is 0 Å². The van der Waals surface area contributed by atoms with Crippen LogP contribution in [0.2, 0.25) is 0 Å². The molecule has 1 N–H and O–H groups in total. The van der Waals surface area contributed by atoms with E-state index < -0.39 is 0 Å². The molecular weight excluding hydrogens is 450 g/mol. The lowest BCUT2D eigenvalue weighted by Crippen LogP contribution is -2.25. The quantitative estimate of drug-likeness (QED) is 0.327. The van der Waals surface area contributed by atoms with Gasteiger partial charge >= 0.3 is 5.69 Å². The third-order valence-electron chi connectivity index (χ3n) is 6.35. The van der Waals surface area contributed by atoms with Crippen LogP contribution in [0.5, 0.6) is 0 Å². The molecule has 0 atom stereocenters. The zero-order valence-corrected chi connectivity index (χ0v) is 20.6. The summed E-state index contributed by atoms with van der Waals surface area (Å²) in [5.74, 6) is 0.525. The number of H-pyrrole nitrogens is 1. The fraction of sp³-hybridized carbons (Fsp3) is 0.250. The molecule has 0 bridgehead atoms. The Hall–Kier alpha value is -4.33. The Labute approximate surface area is 209 Å². The van der Waals surface area contributed by atoms with Gasteiger partial charge in [0.1, 0.15) is 0 Å². The Bertz CT molecular complexity index is 1500. The number of nitrogens with one attached hydrogen (secondary N) is 1. The smallest absolute Gasteiger partial charge is 0.292 e. The molecule has 2 aromatic carbocycles. The molecule has 0 saturated heterocycles. The van der Waals surface area contributed by atoms with Gasteiger partial charge in [0.25, 0.3) is 0 Å². The fourth-order valence-electron chi connectivity index (χ4n) is 4.62. The lowest BCUT2D eigenvalue weighted by Gasteiger charge is -2.10. The van der Waals surface area contributed by atoms with Crippen LogP contribution in [0.15, 0.2) is 78.0 Å². The highest BCUT2D eigenvalue weighted by Crippen LogP contribution is 2.29. The van der Waals surface area contributed by atoms with Crippen molar-refractivity contribution >= 4 is 0 Å². The molecule has 0 amide bonds. The molecule has 36 heavy (non-hydrogen) atoms. The average molecular weight is 480 g/mol. The number of aromatic nitrogens is 7. The van der Waals surface area contributed by atoms with Gasteiger partial charge < -0.3 is 0 Å². The van der Waals surface area contributed by atoms with Gasteiger partial charge in [-0.1, -0.05) is 69.2 Å². The number of hydrogen-bond donors (Lipinski definition) is 1. The number of rotatable bonds is 9. The molecule has 182 valence electrons. The summed E-state index contributed by atoms with van der Waals surface area (Å²) in [6, 6.07) is 18.3. The second kappa shape index (κ2) is 10.5. The van der Waals surface area contributed by atoms with Crippen molar-refractivity contribution in [2.45, 2.75) is 46.1 Å². The summed E-state index contributed by atoms with van der Waals surface area (Å²) in [7, 11) is 0. The van der Waals surface area contributed by atoms with E-state index in [0.717, 1.165) is 59.3 Å². The van der Waals surface area contributed by atoms with Gasteiger partial charge in [0, 0.05) is 35.4 Å². The molecule has 8 heteroatoms. The second-order valence-electron chi connectivity index (χ2n) is 8.84. The maximum Gasteiger partial charge on any atom is 0.333 e. The number of imidazole rings is 1. The minimum Gasteiger partial charge on any atom is -0.292 e. The number of aryl methyl sites for hydroxylation is 2. The van der Waals surface area contributed by atoms with Gasteiger partial charge in [-0.05, 0) is 46.9 Å². The molecule has 0 unspecified atom stereocenters. The molecular formula is C28H29N7O. The first-order valence-corrected chi connectivity index (χ1v) is 12.4. The molecule has 3 heterocycles. The third-order valence-corrected chi connectivity index (χ3v) is 6.35. The minimum atomic E-state index is -0.00210.